The second kappa shape index (κ2) is 5.81. The summed E-state index contributed by atoms with van der Waals surface area (Å²) in [7, 11) is -8.70. The molecule has 0 spiro atoms. The molecule has 0 saturated carbocycles. The first kappa shape index (κ1) is 16.6. The fourth-order valence-electron chi connectivity index (χ4n) is 1.76. The van der Waals surface area contributed by atoms with Crippen molar-refractivity contribution in [3.63, 3.8) is 0 Å². The SMILES string of the molecule is Cc1ccc(S(=O)(=O)N(N)S(=O)(=O)c2ccc(C)cc2)cc1. The van der Waals surface area contributed by atoms with Gasteiger partial charge in [0.2, 0.25) is 0 Å². The van der Waals surface area contributed by atoms with E-state index >= 15 is 0 Å². The van der Waals surface area contributed by atoms with E-state index in [2.05, 4.69) is 0 Å². The van der Waals surface area contributed by atoms with Crippen molar-refractivity contribution in [2.45, 2.75) is 23.6 Å². The molecule has 0 heterocycles. The quantitative estimate of drug-likeness (QED) is 0.673. The Balaban J connectivity index is 2.47. The molecule has 8 heteroatoms. The standard InChI is InChI=1S/C14H16N2O4S2/c1-11-3-7-13(8-4-11)21(17,18)16(15)22(19,20)14-9-5-12(2)6-10-14/h3-10H,15H2,1-2H3. The predicted molar refractivity (Wildman–Crippen MR) is 82.8 cm³/mol. The average molecular weight is 340 g/mol. The highest BCUT2D eigenvalue weighted by Gasteiger charge is 2.33. The first-order chi connectivity index (χ1) is 10.2. The Morgan fingerprint density at radius 2 is 0.955 bits per heavy atom. The molecule has 0 amide bonds. The molecule has 6 nitrogen and oxygen atoms in total. The first-order valence-corrected chi connectivity index (χ1v) is 9.22. The van der Waals surface area contributed by atoms with Crippen LogP contribution in [0.1, 0.15) is 11.1 Å². The zero-order chi connectivity index (χ0) is 16.5. The molecule has 0 bridgehead atoms. The van der Waals surface area contributed by atoms with Gasteiger partial charge in [-0.25, -0.2) is 22.7 Å². The minimum Gasteiger partial charge on any atom is -0.240 e. The predicted octanol–water partition coefficient (Wildman–Crippen LogP) is 1.56. The number of sulfonamides is 2. The van der Waals surface area contributed by atoms with E-state index in [-0.39, 0.29) is 13.6 Å². The molecule has 2 rings (SSSR count). The van der Waals surface area contributed by atoms with Gasteiger partial charge < -0.3 is 0 Å². The van der Waals surface area contributed by atoms with E-state index in [1.807, 2.05) is 0 Å². The van der Waals surface area contributed by atoms with Gasteiger partial charge in [-0.1, -0.05) is 35.4 Å². The molecule has 0 aliphatic heterocycles. The van der Waals surface area contributed by atoms with Crippen LogP contribution in [0.15, 0.2) is 58.3 Å². The fourth-order valence-corrected chi connectivity index (χ4v) is 4.68. The van der Waals surface area contributed by atoms with Crippen molar-refractivity contribution < 1.29 is 16.8 Å². The smallest absolute Gasteiger partial charge is 0.240 e. The van der Waals surface area contributed by atoms with Gasteiger partial charge in [-0.05, 0) is 41.9 Å². The van der Waals surface area contributed by atoms with Gasteiger partial charge in [-0.3, -0.25) is 0 Å². The van der Waals surface area contributed by atoms with Gasteiger partial charge in [-0.2, -0.15) is 0 Å². The summed E-state index contributed by atoms with van der Waals surface area (Å²) >= 11 is 0. The van der Waals surface area contributed by atoms with Crippen LogP contribution in [0.5, 0.6) is 0 Å². The molecule has 0 atom stereocenters. The van der Waals surface area contributed by atoms with Gasteiger partial charge in [0.25, 0.3) is 20.0 Å². The second-order valence-corrected chi connectivity index (χ2v) is 8.72. The Kier molecular flexibility index (Phi) is 4.39. The molecule has 0 aromatic heterocycles. The van der Waals surface area contributed by atoms with Gasteiger partial charge in [-0.15, -0.1) is 0 Å². The first-order valence-electron chi connectivity index (χ1n) is 6.34. The number of nitrogens with two attached hydrogens (primary N) is 1. The lowest BCUT2D eigenvalue weighted by Gasteiger charge is -2.17. The summed E-state index contributed by atoms with van der Waals surface area (Å²) < 4.78 is 49.3. The van der Waals surface area contributed by atoms with Crippen molar-refractivity contribution in [3.8, 4) is 0 Å². The largest absolute Gasteiger partial charge is 0.269 e. The number of rotatable bonds is 4. The molecule has 0 radical (unpaired) electrons. The van der Waals surface area contributed by atoms with E-state index in [0.29, 0.717) is 0 Å². The minimum absolute atomic E-state index is 0.0880. The Bertz CT molecular complexity index is 796. The monoisotopic (exact) mass is 340 g/mol. The van der Waals surface area contributed by atoms with E-state index < -0.39 is 20.0 Å². The maximum atomic E-state index is 12.4. The van der Waals surface area contributed by atoms with Crippen molar-refractivity contribution >= 4 is 20.0 Å². The van der Waals surface area contributed by atoms with Crippen LogP contribution in [0.3, 0.4) is 0 Å². The Labute approximate surface area is 130 Å². The highest BCUT2D eigenvalue weighted by Crippen LogP contribution is 2.21. The Morgan fingerprint density at radius 3 is 1.23 bits per heavy atom. The summed E-state index contributed by atoms with van der Waals surface area (Å²) in [5, 5.41) is 0. The molecular formula is C14H16N2O4S2. The topological polar surface area (TPSA) is 97.5 Å². The zero-order valence-electron chi connectivity index (χ0n) is 12.1. The normalized spacial score (nSPS) is 12.5. The van der Waals surface area contributed by atoms with Crippen molar-refractivity contribution in [2.24, 2.45) is 5.84 Å². The molecule has 0 unspecified atom stereocenters. The van der Waals surface area contributed by atoms with Crippen LogP contribution in [0, 0.1) is 13.8 Å². The van der Waals surface area contributed by atoms with Gasteiger partial charge in [0.15, 0.2) is 0 Å². The number of hydrogen-bond acceptors (Lipinski definition) is 5. The summed E-state index contributed by atoms with van der Waals surface area (Å²) in [6, 6.07) is 11.5. The van der Waals surface area contributed by atoms with Gasteiger partial charge in [0.1, 0.15) is 0 Å². The molecule has 0 aliphatic carbocycles. The van der Waals surface area contributed by atoms with Crippen LogP contribution < -0.4 is 5.84 Å². The molecule has 2 aromatic rings. The molecule has 0 fully saturated rings. The van der Waals surface area contributed by atoms with Crippen molar-refractivity contribution in [2.75, 3.05) is 0 Å². The lowest BCUT2D eigenvalue weighted by Crippen LogP contribution is -2.42. The van der Waals surface area contributed by atoms with E-state index in [1.54, 1.807) is 38.1 Å². The highest BCUT2D eigenvalue weighted by molar-refractivity contribution is 8.04. The maximum Gasteiger partial charge on any atom is 0.269 e. The van der Waals surface area contributed by atoms with Crippen LogP contribution in [0.25, 0.3) is 0 Å². The van der Waals surface area contributed by atoms with E-state index in [9.17, 15) is 16.8 Å². The molecule has 2 N–H and O–H groups in total. The maximum absolute atomic E-state index is 12.4. The molecule has 0 aliphatic rings. The molecule has 0 saturated heterocycles. The Hall–Kier alpha value is -1.74. The highest BCUT2D eigenvalue weighted by atomic mass is 32.3. The molecule has 118 valence electrons. The summed E-state index contributed by atoms with van der Waals surface area (Å²) in [6.45, 7) is 3.58. The van der Waals surface area contributed by atoms with Crippen LogP contribution >= 0.6 is 0 Å². The average Bonchev–Trinajstić information content (AvgIpc) is 2.47. The third-order valence-electron chi connectivity index (χ3n) is 3.11. The number of nitrogens with zero attached hydrogens (tertiary/aromatic N) is 1. The van der Waals surface area contributed by atoms with Gasteiger partial charge in [0.05, 0.1) is 9.79 Å². The van der Waals surface area contributed by atoms with Crippen LogP contribution in [-0.4, -0.2) is 20.7 Å². The van der Waals surface area contributed by atoms with Gasteiger partial charge in [0, 0.05) is 0 Å². The van der Waals surface area contributed by atoms with Crippen molar-refractivity contribution in [1.29, 1.82) is 0 Å². The third-order valence-corrected chi connectivity index (χ3v) is 6.97. The summed E-state index contributed by atoms with van der Waals surface area (Å²) in [4.78, 5) is -0.368. The fraction of sp³-hybridized carbons (Fsp3) is 0.143. The van der Waals surface area contributed by atoms with Crippen LogP contribution in [0.2, 0.25) is 0 Å². The number of aryl methyl sites for hydroxylation is 2. The Morgan fingerprint density at radius 1 is 0.682 bits per heavy atom. The minimum atomic E-state index is -4.35. The molecule has 22 heavy (non-hydrogen) atoms. The third kappa shape index (κ3) is 3.05. The number of benzene rings is 2. The van der Waals surface area contributed by atoms with E-state index in [4.69, 9.17) is 5.84 Å². The second-order valence-electron chi connectivity index (χ2n) is 4.86. The van der Waals surface area contributed by atoms with Crippen molar-refractivity contribution in [3.05, 3.63) is 59.7 Å². The zero-order valence-corrected chi connectivity index (χ0v) is 13.7. The van der Waals surface area contributed by atoms with E-state index in [0.717, 1.165) is 11.1 Å². The van der Waals surface area contributed by atoms with Crippen LogP contribution in [0.4, 0.5) is 0 Å². The summed E-state index contributed by atoms with van der Waals surface area (Å²) in [5.74, 6) is 5.43. The summed E-state index contributed by atoms with van der Waals surface area (Å²) in [5.41, 5.74) is 1.70. The van der Waals surface area contributed by atoms with Crippen molar-refractivity contribution in [1.82, 2.24) is 3.82 Å². The molecular weight excluding hydrogens is 324 g/mol. The number of hydrazine groups is 1. The molecule has 2 aromatic carbocycles. The van der Waals surface area contributed by atoms with Crippen LogP contribution in [-0.2, 0) is 20.0 Å². The lowest BCUT2D eigenvalue weighted by atomic mass is 10.2. The summed E-state index contributed by atoms with van der Waals surface area (Å²) in [6.07, 6.45) is 0. The van der Waals surface area contributed by atoms with E-state index in [1.165, 1.54) is 24.3 Å². The lowest BCUT2D eigenvalue weighted by molar-refractivity contribution is 0.506. The number of hydrogen-bond donors (Lipinski definition) is 1. The van der Waals surface area contributed by atoms with Gasteiger partial charge >= 0.3 is 0 Å².